The average molecular weight is 296 g/mol. The van der Waals surface area contributed by atoms with E-state index >= 15 is 0 Å². The molecule has 2 aromatic rings. The van der Waals surface area contributed by atoms with Crippen LogP contribution in [-0.4, -0.2) is 17.6 Å². The van der Waals surface area contributed by atoms with E-state index in [1.165, 1.54) is 0 Å². The maximum atomic E-state index is 12.1. The highest BCUT2D eigenvalue weighted by Crippen LogP contribution is 2.25. The molecule has 3 rings (SSSR count). The molecule has 1 unspecified atom stereocenters. The minimum absolute atomic E-state index is 0.0708. The van der Waals surface area contributed by atoms with Gasteiger partial charge >= 0.3 is 0 Å². The first-order chi connectivity index (χ1) is 10.5. The maximum Gasteiger partial charge on any atom is 0.244 e. The minimum Gasteiger partial charge on any atom is -0.368 e. The highest BCUT2D eigenvalue weighted by atomic mass is 16.2. The van der Waals surface area contributed by atoms with Gasteiger partial charge in [0.25, 0.3) is 0 Å². The molecule has 2 aromatic carbocycles. The number of nitrogens with one attached hydrogen (secondary N) is 1. The van der Waals surface area contributed by atoms with Crippen molar-refractivity contribution < 1.29 is 14.4 Å². The first kappa shape index (κ1) is 14.3. The Labute approximate surface area is 127 Å². The van der Waals surface area contributed by atoms with E-state index in [1.807, 2.05) is 36.4 Å². The van der Waals surface area contributed by atoms with Crippen LogP contribution >= 0.6 is 0 Å². The SMILES string of the molecule is NC(=O)C(NC(=O)C1CC(=O)C1)c1ccc2ccccc2c1. The van der Waals surface area contributed by atoms with Gasteiger partial charge in [0.2, 0.25) is 11.8 Å². The summed E-state index contributed by atoms with van der Waals surface area (Å²) in [7, 11) is 0. The van der Waals surface area contributed by atoms with Crippen LogP contribution in [0.1, 0.15) is 24.4 Å². The van der Waals surface area contributed by atoms with Crippen molar-refractivity contribution >= 4 is 28.4 Å². The summed E-state index contributed by atoms with van der Waals surface area (Å²) in [5.74, 6) is -1.18. The molecule has 1 atom stereocenters. The second-order valence-electron chi connectivity index (χ2n) is 5.59. The fourth-order valence-corrected chi connectivity index (χ4v) is 2.64. The van der Waals surface area contributed by atoms with Gasteiger partial charge < -0.3 is 11.1 Å². The van der Waals surface area contributed by atoms with E-state index in [-0.39, 0.29) is 30.4 Å². The molecule has 1 fully saturated rings. The molecular formula is C17H16N2O3. The van der Waals surface area contributed by atoms with Crippen LogP contribution in [0, 0.1) is 5.92 Å². The minimum atomic E-state index is -0.882. The third-order valence-corrected chi connectivity index (χ3v) is 4.00. The van der Waals surface area contributed by atoms with E-state index in [9.17, 15) is 14.4 Å². The Bertz CT molecular complexity index is 761. The summed E-state index contributed by atoms with van der Waals surface area (Å²) in [5.41, 5.74) is 6.07. The van der Waals surface area contributed by atoms with E-state index in [0.717, 1.165) is 10.8 Å². The molecular weight excluding hydrogens is 280 g/mol. The number of amides is 2. The second-order valence-corrected chi connectivity index (χ2v) is 5.59. The van der Waals surface area contributed by atoms with Gasteiger partial charge in [0.05, 0.1) is 5.92 Å². The van der Waals surface area contributed by atoms with Gasteiger partial charge in [-0.25, -0.2) is 0 Å². The van der Waals surface area contributed by atoms with Crippen LogP contribution in [0.4, 0.5) is 0 Å². The van der Waals surface area contributed by atoms with Crippen molar-refractivity contribution in [1.29, 1.82) is 0 Å². The van der Waals surface area contributed by atoms with Crippen molar-refractivity contribution in [1.82, 2.24) is 5.32 Å². The van der Waals surface area contributed by atoms with Crippen LogP contribution in [0.3, 0.4) is 0 Å². The molecule has 0 saturated heterocycles. The van der Waals surface area contributed by atoms with E-state index in [0.29, 0.717) is 5.56 Å². The summed E-state index contributed by atoms with van der Waals surface area (Å²) in [5, 5.41) is 4.67. The molecule has 2 amide bonds. The van der Waals surface area contributed by atoms with E-state index < -0.39 is 11.9 Å². The molecule has 5 nitrogen and oxygen atoms in total. The van der Waals surface area contributed by atoms with Crippen molar-refractivity contribution in [3.63, 3.8) is 0 Å². The van der Waals surface area contributed by atoms with Crippen LogP contribution in [0.5, 0.6) is 0 Å². The molecule has 0 aromatic heterocycles. The third-order valence-electron chi connectivity index (χ3n) is 4.00. The molecule has 3 N–H and O–H groups in total. The number of ketones is 1. The molecule has 1 aliphatic rings. The lowest BCUT2D eigenvalue weighted by atomic mass is 9.83. The van der Waals surface area contributed by atoms with Crippen molar-refractivity contribution in [3.8, 4) is 0 Å². The Kier molecular flexibility index (Phi) is 3.63. The number of Topliss-reactive ketones (excluding diaryl/α,β-unsaturated/α-hetero) is 1. The number of hydrogen-bond acceptors (Lipinski definition) is 3. The lowest BCUT2D eigenvalue weighted by Gasteiger charge is -2.25. The molecule has 22 heavy (non-hydrogen) atoms. The third kappa shape index (κ3) is 2.70. The lowest BCUT2D eigenvalue weighted by Crippen LogP contribution is -2.44. The van der Waals surface area contributed by atoms with Crippen molar-refractivity contribution in [2.75, 3.05) is 0 Å². The predicted molar refractivity (Wildman–Crippen MR) is 81.8 cm³/mol. The summed E-state index contributed by atoms with van der Waals surface area (Å²) >= 11 is 0. The Morgan fingerprint density at radius 1 is 1.09 bits per heavy atom. The van der Waals surface area contributed by atoms with Crippen LogP contribution in [0.25, 0.3) is 10.8 Å². The molecule has 0 radical (unpaired) electrons. The van der Waals surface area contributed by atoms with Gasteiger partial charge in [0.15, 0.2) is 0 Å². The normalized spacial score (nSPS) is 16.1. The summed E-state index contributed by atoms with van der Waals surface area (Å²) in [4.78, 5) is 34.7. The molecule has 0 spiro atoms. The highest BCUT2D eigenvalue weighted by Gasteiger charge is 2.34. The fourth-order valence-electron chi connectivity index (χ4n) is 2.64. The summed E-state index contributed by atoms with van der Waals surface area (Å²) in [6.45, 7) is 0. The van der Waals surface area contributed by atoms with E-state index in [4.69, 9.17) is 5.73 Å². The Morgan fingerprint density at radius 3 is 2.41 bits per heavy atom. The van der Waals surface area contributed by atoms with Crippen molar-refractivity contribution in [2.24, 2.45) is 11.7 Å². The lowest BCUT2D eigenvalue weighted by molar-refractivity contribution is -0.139. The number of nitrogens with two attached hydrogens (primary N) is 1. The molecule has 0 bridgehead atoms. The summed E-state index contributed by atoms with van der Waals surface area (Å²) < 4.78 is 0. The number of benzene rings is 2. The van der Waals surface area contributed by atoms with Gasteiger partial charge in [-0.1, -0.05) is 36.4 Å². The largest absolute Gasteiger partial charge is 0.368 e. The highest BCUT2D eigenvalue weighted by molar-refractivity contribution is 5.98. The maximum absolute atomic E-state index is 12.1. The smallest absolute Gasteiger partial charge is 0.244 e. The zero-order valence-corrected chi connectivity index (χ0v) is 11.9. The summed E-state index contributed by atoms with van der Waals surface area (Å²) in [6, 6.07) is 12.4. The Morgan fingerprint density at radius 2 is 1.77 bits per heavy atom. The van der Waals surface area contributed by atoms with Gasteiger partial charge in [-0.15, -0.1) is 0 Å². The van der Waals surface area contributed by atoms with Gasteiger partial charge in [0.1, 0.15) is 11.8 Å². The fraction of sp³-hybridized carbons (Fsp3) is 0.235. The average Bonchev–Trinajstić information content (AvgIpc) is 2.48. The van der Waals surface area contributed by atoms with Crippen molar-refractivity contribution in [2.45, 2.75) is 18.9 Å². The van der Waals surface area contributed by atoms with E-state index in [2.05, 4.69) is 5.32 Å². The first-order valence-electron chi connectivity index (χ1n) is 7.14. The Balaban J connectivity index is 1.84. The molecule has 1 aliphatic carbocycles. The zero-order chi connectivity index (χ0) is 15.7. The van der Waals surface area contributed by atoms with Crippen molar-refractivity contribution in [3.05, 3.63) is 48.0 Å². The summed E-state index contributed by atoms with van der Waals surface area (Å²) in [6.07, 6.45) is 0.490. The predicted octanol–water partition coefficient (Wildman–Crippen LogP) is 1.46. The van der Waals surface area contributed by atoms with Gasteiger partial charge in [-0.05, 0) is 22.4 Å². The number of fused-ring (bicyclic) bond motifs is 1. The number of primary amides is 1. The van der Waals surface area contributed by atoms with Crippen LogP contribution in [0.2, 0.25) is 0 Å². The van der Waals surface area contributed by atoms with Gasteiger partial charge in [-0.2, -0.15) is 0 Å². The van der Waals surface area contributed by atoms with Gasteiger partial charge in [0, 0.05) is 12.8 Å². The zero-order valence-electron chi connectivity index (χ0n) is 11.9. The van der Waals surface area contributed by atoms with Crippen LogP contribution in [0.15, 0.2) is 42.5 Å². The number of carbonyl (C=O) groups is 3. The topological polar surface area (TPSA) is 89.3 Å². The monoisotopic (exact) mass is 296 g/mol. The number of carbonyl (C=O) groups excluding carboxylic acids is 3. The van der Waals surface area contributed by atoms with E-state index in [1.54, 1.807) is 6.07 Å². The molecule has 5 heteroatoms. The molecule has 112 valence electrons. The van der Waals surface area contributed by atoms with Crippen LogP contribution < -0.4 is 11.1 Å². The standard InChI is InChI=1S/C17H16N2O3/c18-16(21)15(19-17(22)13-8-14(20)9-13)12-6-5-10-3-1-2-4-11(10)7-12/h1-7,13,15H,8-9H2,(H2,18,21)(H,19,22). The molecule has 1 saturated carbocycles. The quantitative estimate of drug-likeness (QED) is 0.895. The number of hydrogen-bond donors (Lipinski definition) is 2. The number of rotatable bonds is 4. The second kappa shape index (κ2) is 5.60. The Hall–Kier alpha value is -2.69. The van der Waals surface area contributed by atoms with Gasteiger partial charge in [-0.3, -0.25) is 14.4 Å². The van der Waals surface area contributed by atoms with Crippen LogP contribution in [-0.2, 0) is 14.4 Å². The molecule has 0 heterocycles. The first-order valence-corrected chi connectivity index (χ1v) is 7.14. The molecule has 0 aliphatic heterocycles.